The molecule has 0 amide bonds. The van der Waals surface area contributed by atoms with E-state index < -0.39 is 0 Å². The Morgan fingerprint density at radius 2 is 1.87 bits per heavy atom. The Labute approximate surface area is 88.4 Å². The molecule has 3 nitrogen and oxygen atoms in total. The highest BCUT2D eigenvalue weighted by Crippen LogP contribution is 2.25. The van der Waals surface area contributed by atoms with Crippen molar-refractivity contribution in [2.45, 2.75) is 27.3 Å². The molecule has 0 spiro atoms. The number of nitrogens with zero attached hydrogens (tertiary/aromatic N) is 1. The maximum absolute atomic E-state index is 11.7. The third-order valence-electron chi connectivity index (χ3n) is 2.82. The molecular weight excluding hydrogens is 190 g/mol. The van der Waals surface area contributed by atoms with E-state index in [4.69, 9.17) is 0 Å². The SMILES string of the molecule is CCn1c(C)cc2c1C=C(C)C(=O)C2=O. The topological polar surface area (TPSA) is 39.1 Å². The second kappa shape index (κ2) is 3.19. The highest BCUT2D eigenvalue weighted by molar-refractivity contribution is 6.51. The maximum Gasteiger partial charge on any atom is 0.235 e. The van der Waals surface area contributed by atoms with Crippen LogP contribution in [0.25, 0.3) is 6.08 Å². The molecule has 0 atom stereocenters. The van der Waals surface area contributed by atoms with Crippen molar-refractivity contribution < 1.29 is 9.59 Å². The van der Waals surface area contributed by atoms with E-state index in [0.29, 0.717) is 11.1 Å². The van der Waals surface area contributed by atoms with Gasteiger partial charge in [-0.25, -0.2) is 0 Å². The van der Waals surface area contributed by atoms with Gasteiger partial charge in [-0.15, -0.1) is 0 Å². The quantitative estimate of drug-likeness (QED) is 0.655. The summed E-state index contributed by atoms with van der Waals surface area (Å²) in [6.45, 7) is 6.47. The molecule has 0 saturated heterocycles. The van der Waals surface area contributed by atoms with Gasteiger partial charge >= 0.3 is 0 Å². The molecule has 0 radical (unpaired) electrons. The van der Waals surface area contributed by atoms with E-state index in [-0.39, 0.29) is 11.6 Å². The predicted molar refractivity (Wildman–Crippen MR) is 57.8 cm³/mol. The number of fused-ring (bicyclic) bond motifs is 1. The molecule has 78 valence electrons. The Hall–Kier alpha value is -1.64. The third-order valence-corrected chi connectivity index (χ3v) is 2.82. The summed E-state index contributed by atoms with van der Waals surface area (Å²) in [6, 6.07) is 1.79. The highest BCUT2D eigenvalue weighted by Gasteiger charge is 2.28. The lowest BCUT2D eigenvalue weighted by Crippen LogP contribution is -2.20. The molecule has 15 heavy (non-hydrogen) atoms. The van der Waals surface area contributed by atoms with Crippen LogP contribution in [0.5, 0.6) is 0 Å². The first-order valence-electron chi connectivity index (χ1n) is 5.03. The molecule has 0 saturated carbocycles. The lowest BCUT2D eigenvalue weighted by molar-refractivity contribution is -0.111. The van der Waals surface area contributed by atoms with E-state index in [0.717, 1.165) is 17.9 Å². The summed E-state index contributed by atoms with van der Waals surface area (Å²) >= 11 is 0. The van der Waals surface area contributed by atoms with Gasteiger partial charge in [-0.2, -0.15) is 0 Å². The lowest BCUT2D eigenvalue weighted by Gasteiger charge is -2.11. The zero-order chi connectivity index (χ0) is 11.2. The molecule has 0 unspecified atom stereocenters. The Kier molecular flexibility index (Phi) is 2.11. The third kappa shape index (κ3) is 1.27. The largest absolute Gasteiger partial charge is 0.345 e. The molecule has 1 aliphatic rings. The summed E-state index contributed by atoms with van der Waals surface area (Å²) in [5.74, 6) is -0.754. The monoisotopic (exact) mass is 203 g/mol. The average Bonchev–Trinajstić information content (AvgIpc) is 2.51. The zero-order valence-corrected chi connectivity index (χ0v) is 9.13. The normalized spacial score (nSPS) is 15.3. The van der Waals surface area contributed by atoms with Crippen LogP contribution in [0.2, 0.25) is 0 Å². The predicted octanol–water partition coefficient (Wildman–Crippen LogP) is 1.99. The molecule has 1 aromatic heterocycles. The number of ketones is 2. The van der Waals surface area contributed by atoms with Crippen molar-refractivity contribution in [2.24, 2.45) is 0 Å². The minimum Gasteiger partial charge on any atom is -0.345 e. The fourth-order valence-electron chi connectivity index (χ4n) is 2.03. The smallest absolute Gasteiger partial charge is 0.235 e. The van der Waals surface area contributed by atoms with Crippen molar-refractivity contribution >= 4 is 17.6 Å². The summed E-state index contributed by atoms with van der Waals surface area (Å²) in [4.78, 5) is 23.2. The van der Waals surface area contributed by atoms with E-state index in [9.17, 15) is 9.59 Å². The van der Waals surface area contributed by atoms with Gasteiger partial charge in [0.15, 0.2) is 0 Å². The van der Waals surface area contributed by atoms with Crippen molar-refractivity contribution in [3.63, 3.8) is 0 Å². The van der Waals surface area contributed by atoms with Gasteiger partial charge in [-0.1, -0.05) is 0 Å². The number of carbonyl (C=O) groups is 2. The molecule has 1 heterocycles. The Bertz CT molecular complexity index is 492. The van der Waals surface area contributed by atoms with Gasteiger partial charge in [0.05, 0.1) is 11.3 Å². The number of allylic oxidation sites excluding steroid dienone is 1. The second-order valence-electron chi connectivity index (χ2n) is 3.81. The van der Waals surface area contributed by atoms with Crippen molar-refractivity contribution in [2.75, 3.05) is 0 Å². The molecule has 0 N–H and O–H groups in total. The number of aryl methyl sites for hydroxylation is 1. The second-order valence-corrected chi connectivity index (χ2v) is 3.81. The average molecular weight is 203 g/mol. The van der Waals surface area contributed by atoms with Crippen molar-refractivity contribution in [3.8, 4) is 0 Å². The molecular formula is C12H13NO2. The standard InChI is InChI=1S/C12H13NO2/c1-4-13-8(3)6-9-10(13)5-7(2)11(14)12(9)15/h5-6H,4H2,1-3H3. The maximum atomic E-state index is 11.7. The van der Waals surface area contributed by atoms with Crippen LogP contribution in [0.3, 0.4) is 0 Å². The number of Topliss-reactive ketones (excluding diaryl/α,β-unsaturated/α-hetero) is 2. The van der Waals surface area contributed by atoms with Crippen LogP contribution >= 0.6 is 0 Å². The fraction of sp³-hybridized carbons (Fsp3) is 0.333. The van der Waals surface area contributed by atoms with Crippen molar-refractivity contribution in [1.29, 1.82) is 0 Å². The summed E-state index contributed by atoms with van der Waals surface area (Å²) in [6.07, 6.45) is 1.80. The first-order valence-corrected chi connectivity index (χ1v) is 5.03. The summed E-state index contributed by atoms with van der Waals surface area (Å²) in [5, 5.41) is 0. The minimum atomic E-state index is -0.379. The zero-order valence-electron chi connectivity index (χ0n) is 9.13. The molecule has 2 rings (SSSR count). The Balaban J connectivity index is 2.72. The van der Waals surface area contributed by atoms with Crippen LogP contribution in [-0.2, 0) is 11.3 Å². The van der Waals surface area contributed by atoms with E-state index in [2.05, 4.69) is 0 Å². The van der Waals surface area contributed by atoms with Gasteiger partial charge in [0.1, 0.15) is 0 Å². The van der Waals surface area contributed by atoms with E-state index in [1.165, 1.54) is 0 Å². The highest BCUT2D eigenvalue weighted by atomic mass is 16.2. The van der Waals surface area contributed by atoms with Gasteiger partial charge in [-0.05, 0) is 32.9 Å². The van der Waals surface area contributed by atoms with Gasteiger partial charge in [0.2, 0.25) is 11.6 Å². The van der Waals surface area contributed by atoms with E-state index >= 15 is 0 Å². The summed E-state index contributed by atoms with van der Waals surface area (Å²) < 4.78 is 2.04. The van der Waals surface area contributed by atoms with Crippen LogP contribution in [-0.4, -0.2) is 16.1 Å². The van der Waals surface area contributed by atoms with Crippen molar-refractivity contribution in [1.82, 2.24) is 4.57 Å². The van der Waals surface area contributed by atoms with Crippen LogP contribution < -0.4 is 0 Å². The Morgan fingerprint density at radius 3 is 2.47 bits per heavy atom. The molecule has 0 fully saturated rings. The molecule has 3 heteroatoms. The van der Waals surface area contributed by atoms with Gasteiger partial charge < -0.3 is 4.57 Å². The van der Waals surface area contributed by atoms with Crippen molar-refractivity contribution in [3.05, 3.63) is 28.6 Å². The van der Waals surface area contributed by atoms with Crippen LogP contribution in [0, 0.1) is 6.92 Å². The minimum absolute atomic E-state index is 0.375. The number of aromatic nitrogens is 1. The molecule has 0 bridgehead atoms. The number of hydrogen-bond donors (Lipinski definition) is 0. The molecule has 1 aromatic rings. The number of rotatable bonds is 1. The first-order chi connectivity index (χ1) is 7.06. The van der Waals surface area contributed by atoms with Crippen LogP contribution in [0.1, 0.15) is 35.6 Å². The Morgan fingerprint density at radius 1 is 1.20 bits per heavy atom. The van der Waals surface area contributed by atoms with Gasteiger partial charge in [0.25, 0.3) is 0 Å². The summed E-state index contributed by atoms with van der Waals surface area (Å²) in [5.41, 5.74) is 2.97. The van der Waals surface area contributed by atoms with E-state index in [1.807, 2.05) is 18.4 Å². The molecule has 0 aromatic carbocycles. The number of carbonyl (C=O) groups excluding carboxylic acids is 2. The first kappa shape index (κ1) is 9.90. The van der Waals surface area contributed by atoms with Gasteiger partial charge in [-0.3, -0.25) is 9.59 Å². The van der Waals surface area contributed by atoms with Crippen LogP contribution in [0.15, 0.2) is 11.6 Å². The van der Waals surface area contributed by atoms with Gasteiger partial charge in [0, 0.05) is 17.8 Å². The molecule has 1 aliphatic carbocycles. The summed E-state index contributed by atoms with van der Waals surface area (Å²) in [7, 11) is 0. The van der Waals surface area contributed by atoms with Crippen LogP contribution in [0.4, 0.5) is 0 Å². The molecule has 0 aliphatic heterocycles. The fourth-order valence-corrected chi connectivity index (χ4v) is 2.03. The lowest BCUT2D eigenvalue weighted by atomic mass is 9.96. The number of hydrogen-bond acceptors (Lipinski definition) is 2. The van der Waals surface area contributed by atoms with E-state index in [1.54, 1.807) is 19.1 Å².